The zero-order valence-electron chi connectivity index (χ0n) is 17.1. The van der Waals surface area contributed by atoms with Crippen molar-refractivity contribution in [1.29, 1.82) is 0 Å². The largest absolute Gasteiger partial charge is 0.494 e. The Balaban J connectivity index is 1.63. The van der Waals surface area contributed by atoms with E-state index in [9.17, 15) is 13.2 Å². The molecule has 2 aliphatic carbocycles. The smallest absolute Gasteiger partial charge is 0.201 e. The summed E-state index contributed by atoms with van der Waals surface area (Å²) < 4.78 is 63.3. The minimum absolute atomic E-state index is 0.0234. The molecule has 0 aromatic heterocycles. The van der Waals surface area contributed by atoms with Crippen molar-refractivity contribution in [3.05, 3.63) is 65.8 Å². The number of rotatable bonds is 6. The molecule has 2 aromatic rings. The minimum Gasteiger partial charge on any atom is -0.494 e. The number of allylic oxidation sites excluding steroid dienone is 1. The lowest BCUT2D eigenvalue weighted by molar-refractivity contribution is 0.326. The standard InChI is InChI=1S/C25H26F4O/c1-3-4-5-14-6-7-16-15(14)8-9-17(16)18-10-11-19(23(27)22(18)26)20-12-13-21(30-2)25(29)24(20)28/h3,10-17H,1,4-9H2,2H3. The summed E-state index contributed by atoms with van der Waals surface area (Å²) in [5.74, 6) is -3.30. The fourth-order valence-corrected chi connectivity index (χ4v) is 5.75. The molecule has 0 amide bonds. The van der Waals surface area contributed by atoms with Crippen LogP contribution < -0.4 is 4.74 Å². The summed E-state index contributed by atoms with van der Waals surface area (Å²) in [6.07, 6.45) is 8.04. The van der Waals surface area contributed by atoms with Gasteiger partial charge in [0.15, 0.2) is 23.2 Å². The number of fused-ring (bicyclic) bond motifs is 1. The van der Waals surface area contributed by atoms with Crippen molar-refractivity contribution in [2.24, 2.45) is 17.8 Å². The summed E-state index contributed by atoms with van der Waals surface area (Å²) in [6.45, 7) is 3.80. The second kappa shape index (κ2) is 8.44. The highest BCUT2D eigenvalue weighted by atomic mass is 19.2. The molecule has 4 atom stereocenters. The van der Waals surface area contributed by atoms with Gasteiger partial charge in [-0.1, -0.05) is 18.2 Å². The van der Waals surface area contributed by atoms with Crippen LogP contribution in [0.5, 0.6) is 5.75 Å². The Bertz CT molecular complexity index is 955. The molecular weight excluding hydrogens is 392 g/mol. The average Bonchev–Trinajstić information content (AvgIpc) is 3.33. The van der Waals surface area contributed by atoms with Gasteiger partial charge in [0.2, 0.25) is 5.82 Å². The van der Waals surface area contributed by atoms with E-state index in [4.69, 9.17) is 4.74 Å². The van der Waals surface area contributed by atoms with E-state index in [1.807, 2.05) is 6.08 Å². The Morgan fingerprint density at radius 1 is 0.867 bits per heavy atom. The molecule has 4 unspecified atom stereocenters. The zero-order chi connectivity index (χ0) is 21.4. The Labute approximate surface area is 174 Å². The van der Waals surface area contributed by atoms with Gasteiger partial charge in [-0.2, -0.15) is 4.39 Å². The molecule has 160 valence electrons. The predicted octanol–water partition coefficient (Wildman–Crippen LogP) is 7.40. The van der Waals surface area contributed by atoms with Gasteiger partial charge in [0, 0.05) is 11.1 Å². The molecule has 0 spiro atoms. The molecule has 2 aliphatic rings. The average molecular weight is 418 g/mol. The monoisotopic (exact) mass is 418 g/mol. The maximum Gasteiger partial charge on any atom is 0.201 e. The molecule has 30 heavy (non-hydrogen) atoms. The predicted molar refractivity (Wildman–Crippen MR) is 109 cm³/mol. The summed E-state index contributed by atoms with van der Waals surface area (Å²) in [6, 6.07) is 5.35. The molecule has 2 fully saturated rings. The van der Waals surface area contributed by atoms with Crippen molar-refractivity contribution in [1.82, 2.24) is 0 Å². The van der Waals surface area contributed by atoms with Crippen molar-refractivity contribution in [2.75, 3.05) is 7.11 Å². The van der Waals surface area contributed by atoms with Crippen molar-refractivity contribution >= 4 is 0 Å². The molecule has 0 N–H and O–H groups in total. The second-order valence-electron chi connectivity index (χ2n) is 8.49. The number of ether oxygens (including phenoxy) is 1. The summed E-state index contributed by atoms with van der Waals surface area (Å²) in [7, 11) is 1.21. The van der Waals surface area contributed by atoms with Gasteiger partial charge in [0.05, 0.1) is 7.11 Å². The maximum atomic E-state index is 15.1. The van der Waals surface area contributed by atoms with E-state index >= 15 is 4.39 Å². The first kappa shape index (κ1) is 21.0. The van der Waals surface area contributed by atoms with Gasteiger partial charge in [0.25, 0.3) is 0 Å². The molecular formula is C25H26F4O. The lowest BCUT2D eigenvalue weighted by Crippen LogP contribution is -2.13. The SMILES string of the molecule is C=CCCC1CCC2C(c3ccc(-c4ccc(OC)c(F)c4F)c(F)c3F)CCC12. The first-order valence-electron chi connectivity index (χ1n) is 10.6. The van der Waals surface area contributed by atoms with E-state index in [0.717, 1.165) is 38.5 Å². The molecule has 0 aliphatic heterocycles. The molecule has 4 rings (SSSR count). The van der Waals surface area contributed by atoms with Crippen LogP contribution in [0.25, 0.3) is 11.1 Å². The summed E-state index contributed by atoms with van der Waals surface area (Å²) in [4.78, 5) is 0. The highest BCUT2D eigenvalue weighted by Gasteiger charge is 2.45. The Kier molecular flexibility index (Phi) is 5.90. The molecule has 0 heterocycles. The van der Waals surface area contributed by atoms with Gasteiger partial charge in [-0.25, -0.2) is 13.2 Å². The van der Waals surface area contributed by atoms with Crippen LogP contribution in [0.15, 0.2) is 36.9 Å². The van der Waals surface area contributed by atoms with Crippen molar-refractivity contribution in [3.8, 4) is 16.9 Å². The van der Waals surface area contributed by atoms with Gasteiger partial charge < -0.3 is 4.74 Å². The highest BCUT2D eigenvalue weighted by Crippen LogP contribution is 2.56. The molecule has 0 bridgehead atoms. The van der Waals surface area contributed by atoms with Crippen LogP contribution in [0, 0.1) is 41.0 Å². The van der Waals surface area contributed by atoms with Crippen LogP contribution >= 0.6 is 0 Å². The summed E-state index contributed by atoms with van der Waals surface area (Å²) in [5, 5.41) is 0. The van der Waals surface area contributed by atoms with Gasteiger partial charge >= 0.3 is 0 Å². The Morgan fingerprint density at radius 2 is 1.53 bits per heavy atom. The van der Waals surface area contributed by atoms with Gasteiger partial charge in [0.1, 0.15) is 0 Å². The molecule has 1 nitrogen and oxygen atoms in total. The van der Waals surface area contributed by atoms with Crippen LogP contribution in [0.4, 0.5) is 17.6 Å². The number of hydrogen-bond acceptors (Lipinski definition) is 1. The number of hydrogen-bond donors (Lipinski definition) is 0. The van der Waals surface area contributed by atoms with E-state index in [1.165, 1.54) is 25.3 Å². The van der Waals surface area contributed by atoms with Crippen molar-refractivity contribution in [3.63, 3.8) is 0 Å². The summed E-state index contributed by atoms with van der Waals surface area (Å²) in [5.41, 5.74) is -0.228. The van der Waals surface area contributed by atoms with E-state index in [1.54, 1.807) is 6.07 Å². The zero-order valence-corrected chi connectivity index (χ0v) is 17.1. The topological polar surface area (TPSA) is 9.23 Å². The lowest BCUT2D eigenvalue weighted by atomic mass is 9.83. The lowest BCUT2D eigenvalue weighted by Gasteiger charge is -2.22. The van der Waals surface area contributed by atoms with Gasteiger partial charge in [-0.05, 0) is 79.9 Å². The van der Waals surface area contributed by atoms with E-state index in [0.29, 0.717) is 23.3 Å². The van der Waals surface area contributed by atoms with Crippen LogP contribution in [0.3, 0.4) is 0 Å². The quantitative estimate of drug-likeness (QED) is 0.351. The molecule has 5 heteroatoms. The molecule has 0 radical (unpaired) electrons. The van der Waals surface area contributed by atoms with Crippen LogP contribution in [-0.4, -0.2) is 7.11 Å². The van der Waals surface area contributed by atoms with E-state index in [2.05, 4.69) is 6.58 Å². The first-order chi connectivity index (χ1) is 14.5. The van der Waals surface area contributed by atoms with Crippen LogP contribution in [0.2, 0.25) is 0 Å². The fraction of sp³-hybridized carbons (Fsp3) is 0.440. The number of benzene rings is 2. The normalized spacial score (nSPS) is 25.4. The fourth-order valence-electron chi connectivity index (χ4n) is 5.75. The van der Waals surface area contributed by atoms with Crippen LogP contribution in [0.1, 0.15) is 50.0 Å². The third kappa shape index (κ3) is 3.42. The van der Waals surface area contributed by atoms with Crippen molar-refractivity contribution < 1.29 is 22.3 Å². The van der Waals surface area contributed by atoms with Gasteiger partial charge in [-0.15, -0.1) is 6.58 Å². The summed E-state index contributed by atoms with van der Waals surface area (Å²) >= 11 is 0. The van der Waals surface area contributed by atoms with Crippen LogP contribution in [-0.2, 0) is 0 Å². The second-order valence-corrected chi connectivity index (χ2v) is 8.49. The third-order valence-corrected chi connectivity index (χ3v) is 7.16. The van der Waals surface area contributed by atoms with E-state index < -0.39 is 23.3 Å². The molecule has 0 saturated heterocycles. The Hall–Kier alpha value is -2.30. The first-order valence-corrected chi connectivity index (χ1v) is 10.6. The maximum absolute atomic E-state index is 15.1. The third-order valence-electron chi connectivity index (χ3n) is 7.16. The Morgan fingerprint density at radius 3 is 2.23 bits per heavy atom. The van der Waals surface area contributed by atoms with E-state index in [-0.39, 0.29) is 22.8 Å². The van der Waals surface area contributed by atoms with Gasteiger partial charge in [-0.3, -0.25) is 0 Å². The molecule has 2 saturated carbocycles. The highest BCUT2D eigenvalue weighted by molar-refractivity contribution is 5.66. The minimum atomic E-state index is -1.25. The van der Waals surface area contributed by atoms with Crippen molar-refractivity contribution in [2.45, 2.75) is 44.4 Å². The molecule has 2 aromatic carbocycles. The number of methoxy groups -OCH3 is 1. The number of halogens is 4.